The minimum Gasteiger partial charge on any atom is -0.319 e. The molecule has 0 saturated heterocycles. The maximum Gasteiger partial charge on any atom is 0.255 e. The number of halogens is 2. The molecule has 0 spiro atoms. The van der Waals surface area contributed by atoms with Gasteiger partial charge >= 0.3 is 0 Å². The zero-order valence-corrected chi connectivity index (χ0v) is 14.6. The monoisotopic (exact) mass is 370 g/mol. The van der Waals surface area contributed by atoms with Crippen LogP contribution in [0.25, 0.3) is 0 Å². The van der Waals surface area contributed by atoms with E-state index in [-0.39, 0.29) is 27.2 Å². The third-order valence-corrected chi connectivity index (χ3v) is 4.98. The van der Waals surface area contributed by atoms with Crippen molar-refractivity contribution in [1.82, 2.24) is 4.72 Å². The second-order valence-corrected chi connectivity index (χ2v) is 7.48. The molecule has 5 nitrogen and oxygen atoms in total. The van der Waals surface area contributed by atoms with Crippen molar-refractivity contribution < 1.29 is 17.6 Å². The van der Waals surface area contributed by atoms with Crippen molar-refractivity contribution in [2.75, 3.05) is 5.32 Å². The quantitative estimate of drug-likeness (QED) is 0.846. The number of anilines is 1. The van der Waals surface area contributed by atoms with Gasteiger partial charge < -0.3 is 5.32 Å². The SMILES string of the molecule is CC(C)NS(=O)(=O)c1ccc(C(=O)Nc2cccc(Cl)c2F)cc1. The number of sulfonamides is 1. The second-order valence-electron chi connectivity index (χ2n) is 5.36. The zero-order valence-electron chi connectivity index (χ0n) is 13.0. The third-order valence-electron chi connectivity index (χ3n) is 3.02. The van der Waals surface area contributed by atoms with E-state index in [9.17, 15) is 17.6 Å². The van der Waals surface area contributed by atoms with Gasteiger partial charge in [0.25, 0.3) is 5.91 Å². The summed E-state index contributed by atoms with van der Waals surface area (Å²) in [5, 5.41) is 2.29. The van der Waals surface area contributed by atoms with Crippen molar-refractivity contribution >= 4 is 33.2 Å². The molecule has 0 aromatic heterocycles. The minimum atomic E-state index is -3.63. The summed E-state index contributed by atoms with van der Waals surface area (Å²) in [6.45, 7) is 3.41. The summed E-state index contributed by atoms with van der Waals surface area (Å²) >= 11 is 5.66. The van der Waals surface area contributed by atoms with Crippen LogP contribution in [0.3, 0.4) is 0 Å². The first kappa shape index (κ1) is 18.4. The molecule has 0 saturated carbocycles. The summed E-state index contributed by atoms with van der Waals surface area (Å²) in [6.07, 6.45) is 0. The molecule has 0 aliphatic rings. The van der Waals surface area contributed by atoms with Gasteiger partial charge in [-0.15, -0.1) is 0 Å². The van der Waals surface area contributed by atoms with Crippen LogP contribution < -0.4 is 10.0 Å². The lowest BCUT2D eigenvalue weighted by molar-refractivity contribution is 0.102. The van der Waals surface area contributed by atoms with E-state index in [1.807, 2.05) is 0 Å². The van der Waals surface area contributed by atoms with E-state index in [0.29, 0.717) is 0 Å². The normalized spacial score (nSPS) is 11.5. The molecule has 2 aromatic carbocycles. The molecule has 8 heteroatoms. The van der Waals surface area contributed by atoms with Gasteiger partial charge in [0.2, 0.25) is 10.0 Å². The van der Waals surface area contributed by atoms with E-state index in [0.717, 1.165) is 0 Å². The maximum absolute atomic E-state index is 13.8. The molecule has 2 rings (SSSR count). The summed E-state index contributed by atoms with van der Waals surface area (Å²) in [5.74, 6) is -1.30. The highest BCUT2D eigenvalue weighted by Crippen LogP contribution is 2.22. The highest BCUT2D eigenvalue weighted by Gasteiger charge is 2.16. The Morgan fingerprint density at radius 1 is 1.12 bits per heavy atom. The van der Waals surface area contributed by atoms with Gasteiger partial charge in [0.15, 0.2) is 5.82 Å². The van der Waals surface area contributed by atoms with Crippen molar-refractivity contribution in [2.24, 2.45) is 0 Å². The molecule has 0 fully saturated rings. The average Bonchev–Trinajstić information content (AvgIpc) is 2.50. The largest absolute Gasteiger partial charge is 0.319 e. The van der Waals surface area contributed by atoms with Crippen LogP contribution in [0.1, 0.15) is 24.2 Å². The lowest BCUT2D eigenvalue weighted by Crippen LogP contribution is -2.30. The minimum absolute atomic E-state index is 0.0432. The van der Waals surface area contributed by atoms with Crippen molar-refractivity contribution in [1.29, 1.82) is 0 Å². The van der Waals surface area contributed by atoms with Crippen molar-refractivity contribution in [3.05, 3.63) is 58.9 Å². The standard InChI is InChI=1S/C16H16ClFN2O3S/c1-10(2)20-24(22,23)12-8-6-11(7-9-12)16(21)19-14-5-3-4-13(17)15(14)18/h3-10,20H,1-2H3,(H,19,21). The van der Waals surface area contributed by atoms with E-state index in [4.69, 9.17) is 11.6 Å². The highest BCUT2D eigenvalue weighted by atomic mass is 35.5. The molecular formula is C16H16ClFN2O3S. The number of nitrogens with one attached hydrogen (secondary N) is 2. The molecule has 2 aromatic rings. The molecule has 2 N–H and O–H groups in total. The van der Waals surface area contributed by atoms with E-state index >= 15 is 0 Å². The first-order valence-corrected chi connectivity index (χ1v) is 8.94. The number of carbonyl (C=O) groups excluding carboxylic acids is 1. The number of benzene rings is 2. The summed E-state index contributed by atoms with van der Waals surface area (Å²) in [6, 6.07) is 9.34. The Kier molecular flexibility index (Phi) is 5.58. The molecule has 0 aliphatic carbocycles. The van der Waals surface area contributed by atoms with Gasteiger partial charge in [0.1, 0.15) is 0 Å². The van der Waals surface area contributed by atoms with Crippen LogP contribution in [-0.2, 0) is 10.0 Å². The molecule has 0 unspecified atom stereocenters. The van der Waals surface area contributed by atoms with Gasteiger partial charge in [0.05, 0.1) is 15.6 Å². The fourth-order valence-electron chi connectivity index (χ4n) is 1.96. The molecule has 0 radical (unpaired) electrons. The van der Waals surface area contributed by atoms with Gasteiger partial charge in [-0.2, -0.15) is 0 Å². The van der Waals surface area contributed by atoms with E-state index in [2.05, 4.69) is 10.0 Å². The first-order chi connectivity index (χ1) is 11.2. The fraction of sp³-hybridized carbons (Fsp3) is 0.188. The predicted molar refractivity (Wildman–Crippen MR) is 91.3 cm³/mol. The zero-order chi connectivity index (χ0) is 17.9. The summed E-state index contributed by atoms with van der Waals surface area (Å²) in [7, 11) is -3.63. The van der Waals surface area contributed by atoms with E-state index in [1.165, 1.54) is 42.5 Å². The van der Waals surface area contributed by atoms with Crippen molar-refractivity contribution in [3.63, 3.8) is 0 Å². The smallest absolute Gasteiger partial charge is 0.255 e. The van der Waals surface area contributed by atoms with Gasteiger partial charge in [0, 0.05) is 11.6 Å². The van der Waals surface area contributed by atoms with Gasteiger partial charge in [-0.3, -0.25) is 4.79 Å². The summed E-state index contributed by atoms with van der Waals surface area (Å²) in [4.78, 5) is 12.2. The molecular weight excluding hydrogens is 355 g/mol. The number of amides is 1. The van der Waals surface area contributed by atoms with Crippen LogP contribution in [0.4, 0.5) is 10.1 Å². The number of carbonyl (C=O) groups is 1. The molecule has 0 atom stereocenters. The van der Waals surface area contributed by atoms with Crippen LogP contribution in [0.5, 0.6) is 0 Å². The summed E-state index contributed by atoms with van der Waals surface area (Å²) < 4.78 is 40.3. The van der Waals surface area contributed by atoms with Crippen LogP contribution in [0.15, 0.2) is 47.4 Å². The molecule has 24 heavy (non-hydrogen) atoms. The predicted octanol–water partition coefficient (Wildman–Crippen LogP) is 3.42. The number of rotatable bonds is 5. The Morgan fingerprint density at radius 2 is 1.75 bits per heavy atom. The maximum atomic E-state index is 13.8. The van der Waals surface area contributed by atoms with Crippen LogP contribution in [-0.4, -0.2) is 20.4 Å². The van der Waals surface area contributed by atoms with Crippen molar-refractivity contribution in [3.8, 4) is 0 Å². The van der Waals surface area contributed by atoms with Crippen LogP contribution in [0, 0.1) is 5.82 Å². The lowest BCUT2D eigenvalue weighted by atomic mass is 10.2. The second kappa shape index (κ2) is 7.29. The molecule has 0 bridgehead atoms. The Balaban J connectivity index is 2.19. The Morgan fingerprint density at radius 3 is 2.33 bits per heavy atom. The lowest BCUT2D eigenvalue weighted by Gasteiger charge is -2.10. The molecule has 0 aliphatic heterocycles. The average molecular weight is 371 g/mol. The van der Waals surface area contributed by atoms with Gasteiger partial charge in [-0.25, -0.2) is 17.5 Å². The Labute approximate surface area is 144 Å². The van der Waals surface area contributed by atoms with Crippen molar-refractivity contribution in [2.45, 2.75) is 24.8 Å². The number of hydrogen-bond donors (Lipinski definition) is 2. The van der Waals surface area contributed by atoms with Crippen LogP contribution >= 0.6 is 11.6 Å². The number of hydrogen-bond acceptors (Lipinski definition) is 3. The topological polar surface area (TPSA) is 75.3 Å². The van der Waals surface area contributed by atoms with E-state index < -0.39 is 21.7 Å². The van der Waals surface area contributed by atoms with E-state index in [1.54, 1.807) is 13.8 Å². The van der Waals surface area contributed by atoms with Crippen LogP contribution in [0.2, 0.25) is 5.02 Å². The molecule has 0 heterocycles. The fourth-order valence-corrected chi connectivity index (χ4v) is 3.38. The first-order valence-electron chi connectivity index (χ1n) is 7.08. The third kappa shape index (κ3) is 4.31. The van der Waals surface area contributed by atoms with Gasteiger partial charge in [-0.05, 0) is 50.2 Å². The molecule has 1 amide bonds. The van der Waals surface area contributed by atoms with Gasteiger partial charge in [-0.1, -0.05) is 17.7 Å². The Hall–Kier alpha value is -1.96. The molecule has 128 valence electrons. The highest BCUT2D eigenvalue weighted by molar-refractivity contribution is 7.89. The Bertz CT molecular complexity index is 852. The summed E-state index contributed by atoms with van der Waals surface area (Å²) in [5.41, 5.74) is 0.142.